The lowest BCUT2D eigenvalue weighted by atomic mass is 9.85. The molecule has 0 aliphatic heterocycles. The summed E-state index contributed by atoms with van der Waals surface area (Å²) < 4.78 is 13.3. The Kier molecular flexibility index (Phi) is 3.67. The van der Waals surface area contributed by atoms with Crippen LogP contribution in [0.4, 0.5) is 10.1 Å². The minimum atomic E-state index is -0.614. The van der Waals surface area contributed by atoms with Crippen molar-refractivity contribution < 1.29 is 9.50 Å². The van der Waals surface area contributed by atoms with E-state index in [9.17, 15) is 9.50 Å². The number of aliphatic hydroxyl groups is 1. The normalized spacial score (nSPS) is 19.0. The van der Waals surface area contributed by atoms with Gasteiger partial charge < -0.3 is 10.4 Å². The van der Waals surface area contributed by atoms with Crippen LogP contribution < -0.4 is 5.32 Å². The molecule has 0 atom stereocenters. The summed E-state index contributed by atoms with van der Waals surface area (Å²) in [5.74, 6) is -0.203. The van der Waals surface area contributed by atoms with E-state index in [2.05, 4.69) is 5.32 Å². The first-order valence-corrected chi connectivity index (χ1v) is 6.32. The van der Waals surface area contributed by atoms with Crippen LogP contribution in [0.1, 0.15) is 37.7 Å². The van der Waals surface area contributed by atoms with Crippen molar-refractivity contribution in [2.24, 2.45) is 0 Å². The van der Waals surface area contributed by atoms with Crippen molar-refractivity contribution in [1.29, 1.82) is 0 Å². The van der Waals surface area contributed by atoms with Gasteiger partial charge in [-0.25, -0.2) is 4.39 Å². The predicted molar refractivity (Wildman–Crippen MR) is 67.7 cm³/mol. The van der Waals surface area contributed by atoms with Gasteiger partial charge in [-0.2, -0.15) is 0 Å². The molecule has 0 radical (unpaired) electrons. The van der Waals surface area contributed by atoms with Gasteiger partial charge in [0.1, 0.15) is 5.82 Å². The van der Waals surface area contributed by atoms with E-state index >= 15 is 0 Å². The maximum absolute atomic E-state index is 13.3. The van der Waals surface area contributed by atoms with Gasteiger partial charge in [-0.05, 0) is 31.9 Å². The van der Waals surface area contributed by atoms with Gasteiger partial charge >= 0.3 is 0 Å². The summed E-state index contributed by atoms with van der Waals surface area (Å²) in [5.41, 5.74) is 0.785. The van der Waals surface area contributed by atoms with Crippen LogP contribution in [0.25, 0.3) is 0 Å². The summed E-state index contributed by atoms with van der Waals surface area (Å²) in [6.07, 6.45) is 5.06. The van der Waals surface area contributed by atoms with Gasteiger partial charge in [-0.15, -0.1) is 0 Å². The maximum Gasteiger partial charge on any atom is 0.128 e. The van der Waals surface area contributed by atoms with Crippen LogP contribution in [-0.4, -0.2) is 17.3 Å². The van der Waals surface area contributed by atoms with Crippen molar-refractivity contribution in [1.82, 2.24) is 0 Å². The molecule has 2 nitrogen and oxygen atoms in total. The summed E-state index contributed by atoms with van der Waals surface area (Å²) in [7, 11) is 0. The van der Waals surface area contributed by atoms with E-state index < -0.39 is 5.60 Å². The molecule has 1 aliphatic carbocycles. The molecular formula is C14H20FNO. The van der Waals surface area contributed by atoms with Crippen molar-refractivity contribution in [3.63, 3.8) is 0 Å². The standard InChI is InChI=1S/C14H20FNO/c1-11-12(15)6-5-7-13(11)16-10-14(17)8-3-2-4-9-14/h5-7,16-17H,2-4,8-10H2,1H3. The third-order valence-corrected chi connectivity index (χ3v) is 3.66. The molecule has 0 amide bonds. The van der Waals surface area contributed by atoms with Crippen LogP contribution in [-0.2, 0) is 0 Å². The Morgan fingerprint density at radius 1 is 1.29 bits per heavy atom. The van der Waals surface area contributed by atoms with Gasteiger partial charge in [-0.1, -0.05) is 25.3 Å². The zero-order valence-electron chi connectivity index (χ0n) is 10.3. The molecular weight excluding hydrogens is 217 g/mol. The Bertz CT molecular complexity index is 386. The Morgan fingerprint density at radius 3 is 2.71 bits per heavy atom. The van der Waals surface area contributed by atoms with Crippen molar-refractivity contribution >= 4 is 5.69 Å². The Hall–Kier alpha value is -1.09. The molecule has 2 rings (SSSR count). The summed E-state index contributed by atoms with van der Waals surface area (Å²) in [6.45, 7) is 2.26. The smallest absolute Gasteiger partial charge is 0.128 e. The minimum absolute atomic E-state index is 0.203. The van der Waals surface area contributed by atoms with Crippen LogP contribution in [0.5, 0.6) is 0 Å². The third kappa shape index (κ3) is 2.97. The van der Waals surface area contributed by atoms with E-state index in [-0.39, 0.29) is 5.82 Å². The summed E-state index contributed by atoms with van der Waals surface area (Å²) in [4.78, 5) is 0. The zero-order chi connectivity index (χ0) is 12.3. The number of nitrogens with one attached hydrogen (secondary N) is 1. The molecule has 94 valence electrons. The van der Waals surface area contributed by atoms with Crippen LogP contribution in [0.2, 0.25) is 0 Å². The van der Waals surface area contributed by atoms with E-state index in [1.54, 1.807) is 13.0 Å². The van der Waals surface area contributed by atoms with Crippen LogP contribution >= 0.6 is 0 Å². The average Bonchev–Trinajstić information content (AvgIpc) is 2.32. The Labute approximate surface area is 102 Å². The molecule has 0 saturated heterocycles. The van der Waals surface area contributed by atoms with Crippen molar-refractivity contribution in [3.05, 3.63) is 29.6 Å². The average molecular weight is 237 g/mol. The molecule has 1 aliphatic rings. The number of hydrogen-bond donors (Lipinski definition) is 2. The number of benzene rings is 1. The SMILES string of the molecule is Cc1c(F)cccc1NCC1(O)CCCCC1. The fourth-order valence-electron chi connectivity index (χ4n) is 2.45. The summed E-state index contributed by atoms with van der Waals surface area (Å²) in [5, 5.41) is 13.5. The number of halogens is 1. The topological polar surface area (TPSA) is 32.3 Å². The summed E-state index contributed by atoms with van der Waals surface area (Å²) >= 11 is 0. The van der Waals surface area contributed by atoms with Gasteiger partial charge in [0, 0.05) is 17.8 Å². The highest BCUT2D eigenvalue weighted by Gasteiger charge is 2.28. The molecule has 0 unspecified atom stereocenters. The van der Waals surface area contributed by atoms with Crippen LogP contribution in [0.15, 0.2) is 18.2 Å². The quantitative estimate of drug-likeness (QED) is 0.845. The maximum atomic E-state index is 13.3. The first-order chi connectivity index (χ1) is 8.11. The fraction of sp³-hybridized carbons (Fsp3) is 0.571. The first kappa shape index (κ1) is 12.4. The molecule has 1 fully saturated rings. The first-order valence-electron chi connectivity index (χ1n) is 6.32. The van der Waals surface area contributed by atoms with Crippen molar-refractivity contribution in [2.75, 3.05) is 11.9 Å². The molecule has 2 N–H and O–H groups in total. The lowest BCUT2D eigenvalue weighted by Crippen LogP contribution is -2.38. The number of hydrogen-bond acceptors (Lipinski definition) is 2. The van der Waals surface area contributed by atoms with Crippen LogP contribution in [0.3, 0.4) is 0 Å². The lowest BCUT2D eigenvalue weighted by Gasteiger charge is -2.32. The highest BCUT2D eigenvalue weighted by molar-refractivity contribution is 5.51. The minimum Gasteiger partial charge on any atom is -0.388 e. The predicted octanol–water partition coefficient (Wildman–Crippen LogP) is 3.24. The van der Waals surface area contributed by atoms with Gasteiger partial charge in [0.15, 0.2) is 0 Å². The monoisotopic (exact) mass is 237 g/mol. The van der Waals surface area contributed by atoms with Gasteiger partial charge in [0.2, 0.25) is 0 Å². The van der Waals surface area contributed by atoms with E-state index in [4.69, 9.17) is 0 Å². The zero-order valence-corrected chi connectivity index (χ0v) is 10.3. The van der Waals surface area contributed by atoms with Gasteiger partial charge in [0.05, 0.1) is 5.60 Å². The van der Waals surface area contributed by atoms with E-state index in [0.717, 1.165) is 31.4 Å². The summed E-state index contributed by atoms with van der Waals surface area (Å²) in [6, 6.07) is 5.00. The van der Waals surface area contributed by atoms with Crippen molar-refractivity contribution in [2.45, 2.75) is 44.6 Å². The second kappa shape index (κ2) is 5.05. The second-order valence-corrected chi connectivity index (χ2v) is 5.05. The lowest BCUT2D eigenvalue weighted by molar-refractivity contribution is 0.0167. The molecule has 17 heavy (non-hydrogen) atoms. The number of rotatable bonds is 3. The van der Waals surface area contributed by atoms with E-state index in [1.165, 1.54) is 12.5 Å². The molecule has 1 aromatic carbocycles. The van der Waals surface area contributed by atoms with Gasteiger partial charge in [0.25, 0.3) is 0 Å². The molecule has 1 saturated carbocycles. The second-order valence-electron chi connectivity index (χ2n) is 5.05. The third-order valence-electron chi connectivity index (χ3n) is 3.66. The van der Waals surface area contributed by atoms with E-state index in [0.29, 0.717) is 12.1 Å². The molecule has 0 heterocycles. The van der Waals surface area contributed by atoms with Crippen LogP contribution in [0, 0.1) is 12.7 Å². The Balaban J connectivity index is 1.99. The fourth-order valence-corrected chi connectivity index (χ4v) is 2.45. The highest BCUT2D eigenvalue weighted by atomic mass is 19.1. The van der Waals surface area contributed by atoms with E-state index in [1.807, 2.05) is 6.07 Å². The highest BCUT2D eigenvalue weighted by Crippen LogP contribution is 2.28. The molecule has 0 spiro atoms. The molecule has 0 bridgehead atoms. The number of anilines is 1. The molecule has 0 aromatic heterocycles. The van der Waals surface area contributed by atoms with Crippen molar-refractivity contribution in [3.8, 4) is 0 Å². The molecule has 3 heteroatoms. The Morgan fingerprint density at radius 2 is 2.00 bits per heavy atom. The molecule has 1 aromatic rings. The largest absolute Gasteiger partial charge is 0.388 e. The van der Waals surface area contributed by atoms with Gasteiger partial charge in [-0.3, -0.25) is 0 Å².